The van der Waals surface area contributed by atoms with E-state index in [0.717, 1.165) is 32.4 Å². The molecule has 1 fully saturated rings. The van der Waals surface area contributed by atoms with Crippen LogP contribution in [0.15, 0.2) is 18.2 Å². The molecule has 0 radical (unpaired) electrons. The lowest BCUT2D eigenvalue weighted by Gasteiger charge is -2.28. The number of esters is 1. The minimum absolute atomic E-state index is 0.0786. The van der Waals surface area contributed by atoms with E-state index in [1.807, 2.05) is 6.07 Å². The number of nitrogens with zero attached hydrogens (tertiary/aromatic N) is 3. The van der Waals surface area contributed by atoms with Crippen LogP contribution < -0.4 is 4.90 Å². The van der Waals surface area contributed by atoms with Crippen LogP contribution in [0.1, 0.15) is 41.6 Å². The van der Waals surface area contributed by atoms with Crippen LogP contribution >= 0.6 is 11.3 Å². The van der Waals surface area contributed by atoms with E-state index in [1.165, 1.54) is 11.3 Å². The fourth-order valence-electron chi connectivity index (χ4n) is 3.11. The van der Waals surface area contributed by atoms with Crippen molar-refractivity contribution in [2.75, 3.05) is 24.6 Å². The van der Waals surface area contributed by atoms with E-state index in [1.54, 1.807) is 26.0 Å². The van der Waals surface area contributed by atoms with Gasteiger partial charge in [-0.3, -0.25) is 10.1 Å². The zero-order valence-corrected chi connectivity index (χ0v) is 15.7. The topological polar surface area (TPSA) is 85.6 Å². The molecule has 138 valence electrons. The Kier molecular flexibility index (Phi) is 5.51. The summed E-state index contributed by atoms with van der Waals surface area (Å²) in [5.74, 6) is -0.409. The minimum atomic E-state index is -0.409. The highest BCUT2D eigenvalue weighted by atomic mass is 32.1. The zero-order valence-electron chi connectivity index (χ0n) is 14.9. The van der Waals surface area contributed by atoms with Crippen molar-refractivity contribution in [1.82, 2.24) is 4.98 Å². The van der Waals surface area contributed by atoms with Gasteiger partial charge in [0.1, 0.15) is 15.6 Å². The molecule has 0 amide bonds. The number of nitro benzene ring substituents is 1. The van der Waals surface area contributed by atoms with Crippen LogP contribution in [-0.4, -0.2) is 35.6 Å². The molecule has 1 aromatic heterocycles. The summed E-state index contributed by atoms with van der Waals surface area (Å²) in [6.45, 7) is 5.45. The van der Waals surface area contributed by atoms with Crippen LogP contribution in [0, 0.1) is 17.0 Å². The summed E-state index contributed by atoms with van der Waals surface area (Å²) in [5, 5.41) is 12.2. The van der Waals surface area contributed by atoms with Gasteiger partial charge in [-0.05, 0) is 45.2 Å². The first-order chi connectivity index (χ1) is 12.5. The first-order valence-corrected chi connectivity index (χ1v) is 9.51. The van der Waals surface area contributed by atoms with Crippen LogP contribution in [0.5, 0.6) is 0 Å². The summed E-state index contributed by atoms with van der Waals surface area (Å²) >= 11 is 1.20. The molecule has 1 saturated heterocycles. The number of rotatable bonds is 5. The van der Waals surface area contributed by atoms with Crippen LogP contribution in [0.25, 0.3) is 10.6 Å². The largest absolute Gasteiger partial charge is 0.462 e. The SMILES string of the molecule is CCOC(=O)c1sc(-c2ccc(N3CCCCC3)c([N+](=O)[O-])c2)nc1C. The quantitative estimate of drug-likeness (QED) is 0.442. The first-order valence-electron chi connectivity index (χ1n) is 8.69. The van der Waals surface area contributed by atoms with Gasteiger partial charge in [0.05, 0.1) is 17.2 Å². The van der Waals surface area contributed by atoms with E-state index in [4.69, 9.17) is 4.74 Å². The van der Waals surface area contributed by atoms with Gasteiger partial charge in [-0.25, -0.2) is 9.78 Å². The lowest BCUT2D eigenvalue weighted by Crippen LogP contribution is -2.29. The van der Waals surface area contributed by atoms with E-state index in [2.05, 4.69) is 9.88 Å². The highest BCUT2D eigenvalue weighted by Gasteiger charge is 2.24. The van der Waals surface area contributed by atoms with Crippen molar-refractivity contribution >= 4 is 28.7 Å². The Morgan fingerprint density at radius 2 is 2.08 bits per heavy atom. The predicted octanol–water partition coefficient (Wildman–Crippen LogP) is 4.19. The van der Waals surface area contributed by atoms with Gasteiger partial charge < -0.3 is 9.64 Å². The van der Waals surface area contributed by atoms with Crippen LogP contribution in [0.4, 0.5) is 11.4 Å². The Morgan fingerprint density at radius 3 is 2.73 bits per heavy atom. The summed E-state index contributed by atoms with van der Waals surface area (Å²) in [6.07, 6.45) is 3.26. The van der Waals surface area contributed by atoms with Crippen LogP contribution in [0.3, 0.4) is 0 Å². The number of benzene rings is 1. The van der Waals surface area contributed by atoms with Gasteiger partial charge >= 0.3 is 5.97 Å². The van der Waals surface area contributed by atoms with Gasteiger partial charge in [-0.2, -0.15) is 0 Å². The number of thiazole rings is 1. The summed E-state index contributed by atoms with van der Waals surface area (Å²) in [7, 11) is 0. The Balaban J connectivity index is 1.96. The number of nitro groups is 1. The lowest BCUT2D eigenvalue weighted by atomic mass is 10.1. The Labute approximate surface area is 155 Å². The Hall–Kier alpha value is -2.48. The van der Waals surface area contributed by atoms with E-state index in [-0.39, 0.29) is 10.6 Å². The summed E-state index contributed by atoms with van der Waals surface area (Å²) in [5.41, 5.74) is 1.94. The zero-order chi connectivity index (χ0) is 18.7. The number of aryl methyl sites for hydroxylation is 1. The first kappa shape index (κ1) is 18.3. The highest BCUT2D eigenvalue weighted by molar-refractivity contribution is 7.17. The number of aromatic nitrogens is 1. The number of ether oxygens (including phenoxy) is 1. The predicted molar refractivity (Wildman–Crippen MR) is 101 cm³/mol. The summed E-state index contributed by atoms with van der Waals surface area (Å²) < 4.78 is 5.03. The molecule has 0 unspecified atom stereocenters. The van der Waals surface area contributed by atoms with E-state index in [9.17, 15) is 14.9 Å². The fraction of sp³-hybridized carbons (Fsp3) is 0.444. The second-order valence-electron chi connectivity index (χ2n) is 6.16. The maximum Gasteiger partial charge on any atom is 0.350 e. The number of carbonyl (C=O) groups is 1. The molecule has 2 aromatic rings. The molecule has 0 aliphatic carbocycles. The Bertz CT molecular complexity index is 828. The molecule has 0 N–H and O–H groups in total. The summed E-state index contributed by atoms with van der Waals surface area (Å²) in [4.78, 5) is 30.1. The number of hydrogen-bond acceptors (Lipinski definition) is 7. The van der Waals surface area contributed by atoms with Crippen molar-refractivity contribution in [2.24, 2.45) is 0 Å². The molecular weight excluding hydrogens is 354 g/mol. The van der Waals surface area contributed by atoms with Gasteiger partial charge in [-0.1, -0.05) is 0 Å². The molecule has 1 aliphatic heterocycles. The molecule has 8 heteroatoms. The van der Waals surface area contributed by atoms with Gasteiger partial charge in [0, 0.05) is 24.7 Å². The third kappa shape index (κ3) is 3.70. The number of anilines is 1. The maximum atomic E-state index is 12.0. The molecule has 1 aromatic carbocycles. The normalized spacial score (nSPS) is 14.3. The second kappa shape index (κ2) is 7.82. The average Bonchev–Trinajstić information content (AvgIpc) is 3.04. The summed E-state index contributed by atoms with van der Waals surface area (Å²) in [6, 6.07) is 5.18. The number of hydrogen-bond donors (Lipinski definition) is 0. The molecular formula is C18H21N3O4S. The molecule has 26 heavy (non-hydrogen) atoms. The minimum Gasteiger partial charge on any atom is -0.462 e. The van der Waals surface area contributed by atoms with Crippen LogP contribution in [0.2, 0.25) is 0 Å². The smallest absolute Gasteiger partial charge is 0.350 e. The van der Waals surface area contributed by atoms with E-state index < -0.39 is 5.97 Å². The Morgan fingerprint density at radius 1 is 1.35 bits per heavy atom. The van der Waals surface area contributed by atoms with Gasteiger partial charge in [-0.15, -0.1) is 11.3 Å². The van der Waals surface area contributed by atoms with E-state index >= 15 is 0 Å². The third-order valence-electron chi connectivity index (χ3n) is 4.37. The fourth-order valence-corrected chi connectivity index (χ4v) is 4.07. The molecule has 0 spiro atoms. The standard InChI is InChI=1S/C18H21N3O4S/c1-3-25-18(22)16-12(2)19-17(26-16)13-7-8-14(15(11-13)21(23)24)20-9-5-4-6-10-20/h7-8,11H,3-6,9-10H2,1-2H3. The molecule has 0 saturated carbocycles. The van der Waals surface area contributed by atoms with Crippen molar-refractivity contribution in [3.05, 3.63) is 38.9 Å². The van der Waals surface area contributed by atoms with Gasteiger partial charge in [0.25, 0.3) is 5.69 Å². The van der Waals surface area contributed by atoms with Crippen molar-refractivity contribution in [2.45, 2.75) is 33.1 Å². The molecule has 1 aliphatic rings. The molecule has 7 nitrogen and oxygen atoms in total. The lowest BCUT2D eigenvalue weighted by molar-refractivity contribution is -0.384. The monoisotopic (exact) mass is 375 g/mol. The number of piperidine rings is 1. The molecule has 0 atom stereocenters. The third-order valence-corrected chi connectivity index (χ3v) is 5.56. The van der Waals surface area contributed by atoms with Crippen molar-refractivity contribution in [1.29, 1.82) is 0 Å². The molecule has 0 bridgehead atoms. The highest BCUT2D eigenvalue weighted by Crippen LogP contribution is 2.36. The van der Waals surface area contributed by atoms with Crippen molar-refractivity contribution in [3.8, 4) is 10.6 Å². The van der Waals surface area contributed by atoms with Gasteiger partial charge in [0.15, 0.2) is 0 Å². The maximum absolute atomic E-state index is 12.0. The van der Waals surface area contributed by atoms with Crippen molar-refractivity contribution in [3.63, 3.8) is 0 Å². The van der Waals surface area contributed by atoms with Gasteiger partial charge in [0.2, 0.25) is 0 Å². The average molecular weight is 375 g/mol. The van der Waals surface area contributed by atoms with Crippen LogP contribution in [-0.2, 0) is 4.74 Å². The second-order valence-corrected chi connectivity index (χ2v) is 7.16. The van der Waals surface area contributed by atoms with E-state index in [0.29, 0.717) is 33.4 Å². The number of carbonyl (C=O) groups excluding carboxylic acids is 1. The molecule has 3 rings (SSSR count). The van der Waals surface area contributed by atoms with Crippen molar-refractivity contribution < 1.29 is 14.5 Å². The molecule has 2 heterocycles.